The minimum Gasteiger partial charge on any atom is -0.497 e. The Morgan fingerprint density at radius 1 is 1.35 bits per heavy atom. The number of hydrogen-bond donors (Lipinski definition) is 2. The van der Waals surface area contributed by atoms with E-state index in [9.17, 15) is 4.79 Å². The van der Waals surface area contributed by atoms with Crippen LogP contribution in [0.15, 0.2) is 18.2 Å². The van der Waals surface area contributed by atoms with E-state index in [1.165, 1.54) is 0 Å². The third-order valence-corrected chi connectivity index (χ3v) is 2.88. The Hall–Kier alpha value is -1.75. The fraction of sp³-hybridized carbons (Fsp3) is 0.533. The molecule has 5 nitrogen and oxygen atoms in total. The van der Waals surface area contributed by atoms with E-state index in [0.29, 0.717) is 36.1 Å². The molecule has 0 fully saturated rings. The van der Waals surface area contributed by atoms with Crippen LogP contribution in [-0.4, -0.2) is 32.8 Å². The van der Waals surface area contributed by atoms with E-state index in [-0.39, 0.29) is 5.91 Å². The van der Waals surface area contributed by atoms with E-state index in [4.69, 9.17) is 15.2 Å². The average molecular weight is 280 g/mol. The van der Waals surface area contributed by atoms with Crippen molar-refractivity contribution in [3.8, 4) is 5.75 Å². The molecule has 0 bridgehead atoms. The lowest BCUT2D eigenvalue weighted by molar-refractivity contribution is 0.0906. The minimum absolute atomic E-state index is 0.214. The van der Waals surface area contributed by atoms with Gasteiger partial charge in [0.1, 0.15) is 5.75 Å². The van der Waals surface area contributed by atoms with Crippen LogP contribution in [0.1, 0.15) is 30.6 Å². The third kappa shape index (κ3) is 5.48. The van der Waals surface area contributed by atoms with Gasteiger partial charge in [0.2, 0.25) is 0 Å². The summed E-state index contributed by atoms with van der Waals surface area (Å²) in [4.78, 5) is 12.0. The van der Waals surface area contributed by atoms with Crippen molar-refractivity contribution in [2.45, 2.75) is 20.3 Å². The van der Waals surface area contributed by atoms with Crippen LogP contribution in [0.2, 0.25) is 0 Å². The molecule has 0 saturated heterocycles. The highest BCUT2D eigenvalue weighted by Gasteiger charge is 2.10. The summed E-state index contributed by atoms with van der Waals surface area (Å²) in [6.07, 6.45) is 1.02. The molecule has 0 radical (unpaired) electrons. The van der Waals surface area contributed by atoms with Gasteiger partial charge in [-0.1, -0.05) is 13.8 Å². The first-order valence-electron chi connectivity index (χ1n) is 6.84. The second-order valence-electron chi connectivity index (χ2n) is 5.00. The number of nitrogens with two attached hydrogens (primary N) is 1. The second kappa shape index (κ2) is 8.43. The van der Waals surface area contributed by atoms with Crippen molar-refractivity contribution in [3.05, 3.63) is 23.8 Å². The number of benzene rings is 1. The Morgan fingerprint density at radius 3 is 2.75 bits per heavy atom. The van der Waals surface area contributed by atoms with Crippen LogP contribution in [-0.2, 0) is 4.74 Å². The maximum atomic E-state index is 12.0. The summed E-state index contributed by atoms with van der Waals surface area (Å²) in [5.41, 5.74) is 6.64. The largest absolute Gasteiger partial charge is 0.497 e. The van der Waals surface area contributed by atoms with Crippen molar-refractivity contribution in [2.75, 3.05) is 32.6 Å². The summed E-state index contributed by atoms with van der Waals surface area (Å²) < 4.78 is 10.5. The zero-order valence-electron chi connectivity index (χ0n) is 12.4. The zero-order valence-corrected chi connectivity index (χ0v) is 12.4. The van der Waals surface area contributed by atoms with Crippen LogP contribution in [0.25, 0.3) is 0 Å². The summed E-state index contributed by atoms with van der Waals surface area (Å²) in [5, 5.41) is 2.78. The first-order valence-corrected chi connectivity index (χ1v) is 6.84. The quantitative estimate of drug-likeness (QED) is 0.565. The summed E-state index contributed by atoms with van der Waals surface area (Å²) in [6, 6.07) is 5.01. The first-order chi connectivity index (χ1) is 9.54. The van der Waals surface area contributed by atoms with Gasteiger partial charge in [-0.3, -0.25) is 4.79 Å². The Bertz CT molecular complexity index is 433. The number of methoxy groups -OCH3 is 1. The number of anilines is 1. The lowest BCUT2D eigenvalue weighted by atomic mass is 10.1. The van der Waals surface area contributed by atoms with E-state index >= 15 is 0 Å². The molecule has 0 atom stereocenters. The van der Waals surface area contributed by atoms with Crippen molar-refractivity contribution >= 4 is 11.6 Å². The molecule has 0 aliphatic rings. The Balaban J connectivity index is 2.36. The maximum absolute atomic E-state index is 12.0. The average Bonchev–Trinajstić information content (AvgIpc) is 2.42. The van der Waals surface area contributed by atoms with Gasteiger partial charge in [0.15, 0.2) is 0 Å². The molecule has 0 heterocycles. The number of nitrogen functional groups attached to an aromatic ring is 1. The van der Waals surface area contributed by atoms with Crippen molar-refractivity contribution < 1.29 is 14.3 Å². The van der Waals surface area contributed by atoms with E-state index in [1.807, 2.05) is 0 Å². The molecule has 0 unspecified atom stereocenters. The minimum atomic E-state index is -0.214. The van der Waals surface area contributed by atoms with Gasteiger partial charge in [-0.25, -0.2) is 0 Å². The molecule has 5 heteroatoms. The SMILES string of the molecule is COc1ccc(N)c(C(=O)NCCOCCC(C)C)c1. The molecule has 3 N–H and O–H groups in total. The van der Waals surface area contributed by atoms with Gasteiger partial charge >= 0.3 is 0 Å². The number of carbonyl (C=O) groups is 1. The van der Waals surface area contributed by atoms with Gasteiger partial charge in [0.05, 0.1) is 19.3 Å². The van der Waals surface area contributed by atoms with Gasteiger partial charge in [-0.2, -0.15) is 0 Å². The lowest BCUT2D eigenvalue weighted by Gasteiger charge is -2.10. The molecule has 0 aliphatic carbocycles. The highest BCUT2D eigenvalue weighted by molar-refractivity contribution is 5.99. The van der Waals surface area contributed by atoms with E-state index in [0.717, 1.165) is 13.0 Å². The molecule has 1 rings (SSSR count). The van der Waals surface area contributed by atoms with Crippen LogP contribution < -0.4 is 15.8 Å². The molecule has 0 spiro atoms. The molecule has 0 aliphatic heterocycles. The monoisotopic (exact) mass is 280 g/mol. The number of hydrogen-bond acceptors (Lipinski definition) is 4. The van der Waals surface area contributed by atoms with E-state index < -0.39 is 0 Å². The van der Waals surface area contributed by atoms with Gasteiger partial charge in [-0.05, 0) is 30.5 Å². The van der Waals surface area contributed by atoms with Gasteiger partial charge in [0, 0.05) is 18.8 Å². The third-order valence-electron chi connectivity index (χ3n) is 2.88. The summed E-state index contributed by atoms with van der Waals surface area (Å²) in [6.45, 7) is 5.98. The van der Waals surface area contributed by atoms with E-state index in [1.54, 1.807) is 25.3 Å². The number of rotatable bonds is 8. The Labute approximate surface area is 120 Å². The topological polar surface area (TPSA) is 73.6 Å². The molecule has 0 aromatic heterocycles. The highest BCUT2D eigenvalue weighted by atomic mass is 16.5. The number of ether oxygens (including phenoxy) is 2. The fourth-order valence-corrected chi connectivity index (χ4v) is 1.61. The molecular formula is C15H24N2O3. The normalized spacial score (nSPS) is 10.6. The van der Waals surface area contributed by atoms with E-state index in [2.05, 4.69) is 19.2 Å². The zero-order chi connectivity index (χ0) is 15.0. The van der Waals surface area contributed by atoms with Crippen molar-refractivity contribution in [1.82, 2.24) is 5.32 Å². The molecule has 1 aromatic carbocycles. The van der Waals surface area contributed by atoms with Gasteiger partial charge in [-0.15, -0.1) is 0 Å². The first kappa shape index (κ1) is 16.3. The predicted molar refractivity (Wildman–Crippen MR) is 80.0 cm³/mol. The van der Waals surface area contributed by atoms with Crippen LogP contribution in [0.3, 0.4) is 0 Å². The molecule has 20 heavy (non-hydrogen) atoms. The lowest BCUT2D eigenvalue weighted by Crippen LogP contribution is -2.28. The highest BCUT2D eigenvalue weighted by Crippen LogP contribution is 2.19. The van der Waals surface area contributed by atoms with Gasteiger partial charge in [0.25, 0.3) is 5.91 Å². The number of nitrogens with one attached hydrogen (secondary N) is 1. The molecule has 1 aromatic rings. The summed E-state index contributed by atoms with van der Waals surface area (Å²) >= 11 is 0. The molecular weight excluding hydrogens is 256 g/mol. The second-order valence-corrected chi connectivity index (χ2v) is 5.00. The van der Waals surface area contributed by atoms with Gasteiger partial charge < -0.3 is 20.5 Å². The van der Waals surface area contributed by atoms with Crippen LogP contribution in [0.4, 0.5) is 5.69 Å². The smallest absolute Gasteiger partial charge is 0.253 e. The standard InChI is InChI=1S/C15H24N2O3/c1-11(2)6-8-20-9-7-17-15(18)13-10-12(19-3)4-5-14(13)16/h4-5,10-11H,6-9,16H2,1-3H3,(H,17,18). The summed E-state index contributed by atoms with van der Waals surface area (Å²) in [5.74, 6) is 1.02. The van der Waals surface area contributed by atoms with Crippen molar-refractivity contribution in [1.29, 1.82) is 0 Å². The fourth-order valence-electron chi connectivity index (χ4n) is 1.61. The Morgan fingerprint density at radius 2 is 2.10 bits per heavy atom. The van der Waals surface area contributed by atoms with Crippen LogP contribution in [0.5, 0.6) is 5.75 Å². The Kier molecular flexibility index (Phi) is 6.87. The molecule has 1 amide bonds. The molecule has 0 saturated carbocycles. The molecule has 112 valence electrons. The van der Waals surface area contributed by atoms with Crippen molar-refractivity contribution in [3.63, 3.8) is 0 Å². The van der Waals surface area contributed by atoms with Crippen LogP contribution in [0, 0.1) is 5.92 Å². The number of carbonyl (C=O) groups excluding carboxylic acids is 1. The predicted octanol–water partition coefficient (Wildman–Crippen LogP) is 2.07. The van der Waals surface area contributed by atoms with Crippen LogP contribution >= 0.6 is 0 Å². The number of amides is 1. The van der Waals surface area contributed by atoms with Crippen molar-refractivity contribution in [2.24, 2.45) is 5.92 Å². The summed E-state index contributed by atoms with van der Waals surface area (Å²) in [7, 11) is 1.55. The maximum Gasteiger partial charge on any atom is 0.253 e.